The fourth-order valence-electron chi connectivity index (χ4n) is 1.90. The van der Waals surface area contributed by atoms with E-state index in [1.165, 1.54) is 50.7 Å². The summed E-state index contributed by atoms with van der Waals surface area (Å²) in [6.07, 6.45) is 9.45. The number of nitrogens with zero attached hydrogens (tertiary/aromatic N) is 1. The molecule has 0 spiro atoms. The molecule has 0 aromatic heterocycles. The van der Waals surface area contributed by atoms with Gasteiger partial charge in [-0.05, 0) is 46.5 Å². The molecule has 1 rings (SSSR count). The fourth-order valence-corrected chi connectivity index (χ4v) is 1.90. The second-order valence-electron chi connectivity index (χ2n) is 5.12. The summed E-state index contributed by atoms with van der Waals surface area (Å²) < 4.78 is 0. The number of rotatable bonds is 0. The minimum Gasteiger partial charge on any atom is -0.288 e. The largest absolute Gasteiger partial charge is 0.288 e. The zero-order valence-corrected chi connectivity index (χ0v) is 9.40. The van der Waals surface area contributed by atoms with E-state index in [-0.39, 0.29) is 5.54 Å². The summed E-state index contributed by atoms with van der Waals surface area (Å²) in [5, 5.41) is 0. The molecule has 0 atom stereocenters. The second kappa shape index (κ2) is 4.78. The Balaban J connectivity index is 2.50. The molecule has 0 aliphatic heterocycles. The fraction of sp³-hybridized carbons (Fsp3) is 0.917. The lowest BCUT2D eigenvalue weighted by Crippen LogP contribution is -2.15. The van der Waals surface area contributed by atoms with E-state index in [4.69, 9.17) is 4.99 Å². The van der Waals surface area contributed by atoms with Gasteiger partial charge in [-0.25, -0.2) is 0 Å². The molecule has 1 heteroatoms. The smallest absolute Gasteiger partial charge is 0.0523 e. The van der Waals surface area contributed by atoms with Crippen LogP contribution in [0.25, 0.3) is 0 Å². The Kier molecular flexibility index (Phi) is 3.95. The Bertz CT molecular complexity index is 164. The molecule has 0 unspecified atom stereocenters. The van der Waals surface area contributed by atoms with Crippen LogP contribution in [0.15, 0.2) is 4.99 Å². The molecule has 0 amide bonds. The van der Waals surface area contributed by atoms with Crippen molar-refractivity contribution in [3.63, 3.8) is 0 Å². The van der Waals surface area contributed by atoms with E-state index in [1.807, 2.05) is 0 Å². The first-order chi connectivity index (χ1) is 6.08. The van der Waals surface area contributed by atoms with Gasteiger partial charge in [-0.2, -0.15) is 0 Å². The molecule has 0 heterocycles. The number of hydrogen-bond acceptors (Lipinski definition) is 1. The molecule has 1 nitrogen and oxygen atoms in total. The molecule has 1 aliphatic carbocycles. The Hall–Kier alpha value is -0.330. The summed E-state index contributed by atoms with van der Waals surface area (Å²) >= 11 is 0. The van der Waals surface area contributed by atoms with Crippen LogP contribution in [-0.2, 0) is 0 Å². The van der Waals surface area contributed by atoms with Gasteiger partial charge in [0.05, 0.1) is 5.54 Å². The maximum Gasteiger partial charge on any atom is 0.0523 e. The van der Waals surface area contributed by atoms with E-state index in [0.717, 1.165) is 0 Å². The molecular weight excluding hydrogens is 158 g/mol. The van der Waals surface area contributed by atoms with Crippen molar-refractivity contribution in [2.24, 2.45) is 4.99 Å². The molecule has 0 aromatic carbocycles. The first-order valence-corrected chi connectivity index (χ1v) is 5.65. The first kappa shape index (κ1) is 10.7. The van der Waals surface area contributed by atoms with E-state index in [9.17, 15) is 0 Å². The summed E-state index contributed by atoms with van der Waals surface area (Å²) in [7, 11) is 0. The van der Waals surface area contributed by atoms with Crippen molar-refractivity contribution < 1.29 is 0 Å². The highest BCUT2D eigenvalue weighted by atomic mass is 14.8. The maximum absolute atomic E-state index is 4.79. The lowest BCUT2D eigenvalue weighted by atomic mass is 9.98. The lowest BCUT2D eigenvalue weighted by Gasteiger charge is -2.17. The first-order valence-electron chi connectivity index (χ1n) is 5.65. The van der Waals surface area contributed by atoms with E-state index in [2.05, 4.69) is 20.8 Å². The van der Waals surface area contributed by atoms with Crippen molar-refractivity contribution in [1.29, 1.82) is 0 Å². The molecule has 0 aromatic rings. The summed E-state index contributed by atoms with van der Waals surface area (Å²) in [5.74, 6) is 0. The predicted molar refractivity (Wildman–Crippen MR) is 59.5 cm³/mol. The summed E-state index contributed by atoms with van der Waals surface area (Å²) in [6.45, 7) is 6.58. The topological polar surface area (TPSA) is 12.4 Å². The maximum atomic E-state index is 4.79. The van der Waals surface area contributed by atoms with Crippen LogP contribution in [-0.4, -0.2) is 11.3 Å². The van der Waals surface area contributed by atoms with Crippen LogP contribution in [0, 0.1) is 0 Å². The average Bonchev–Trinajstić information content (AvgIpc) is 1.92. The van der Waals surface area contributed by atoms with Gasteiger partial charge in [0, 0.05) is 5.71 Å². The van der Waals surface area contributed by atoms with E-state index < -0.39 is 0 Å². The van der Waals surface area contributed by atoms with Gasteiger partial charge in [0.2, 0.25) is 0 Å². The Labute approximate surface area is 82.6 Å². The lowest BCUT2D eigenvalue weighted by molar-refractivity contribution is 0.562. The van der Waals surface area contributed by atoms with Gasteiger partial charge >= 0.3 is 0 Å². The van der Waals surface area contributed by atoms with Crippen LogP contribution in [0.1, 0.15) is 65.7 Å². The van der Waals surface area contributed by atoms with Gasteiger partial charge in [-0.15, -0.1) is 0 Å². The van der Waals surface area contributed by atoms with Crippen molar-refractivity contribution in [2.75, 3.05) is 0 Å². The zero-order valence-electron chi connectivity index (χ0n) is 9.40. The van der Waals surface area contributed by atoms with Gasteiger partial charge in [-0.3, -0.25) is 4.99 Å². The van der Waals surface area contributed by atoms with E-state index in [0.29, 0.717) is 0 Å². The monoisotopic (exact) mass is 181 g/mol. The van der Waals surface area contributed by atoms with Crippen LogP contribution in [0.4, 0.5) is 0 Å². The molecule has 1 aliphatic rings. The quantitative estimate of drug-likeness (QED) is 0.536. The molecule has 0 N–H and O–H groups in total. The summed E-state index contributed by atoms with van der Waals surface area (Å²) in [4.78, 5) is 4.79. The summed E-state index contributed by atoms with van der Waals surface area (Å²) in [6, 6.07) is 0. The molecule has 0 radical (unpaired) electrons. The normalized spacial score (nSPS) is 20.7. The standard InChI is InChI=1S/C12H23N/c1-12(2,3)13-11-9-7-5-4-6-8-10-11/h4-10H2,1-3H3. The third-order valence-electron chi connectivity index (χ3n) is 2.42. The minimum absolute atomic E-state index is 0.133. The van der Waals surface area contributed by atoms with Gasteiger partial charge in [0.15, 0.2) is 0 Å². The van der Waals surface area contributed by atoms with Crippen molar-refractivity contribution in [2.45, 2.75) is 71.3 Å². The Morgan fingerprint density at radius 1 is 0.846 bits per heavy atom. The number of aliphatic imine (C=N–C) groups is 1. The van der Waals surface area contributed by atoms with E-state index in [1.54, 1.807) is 0 Å². The SMILES string of the molecule is CC(C)(C)N=C1CCCCCCC1. The van der Waals surface area contributed by atoms with Crippen LogP contribution in [0.2, 0.25) is 0 Å². The average molecular weight is 181 g/mol. The third kappa shape index (κ3) is 5.07. The minimum atomic E-state index is 0.133. The molecular formula is C12H23N. The third-order valence-corrected chi connectivity index (χ3v) is 2.42. The van der Waals surface area contributed by atoms with Crippen molar-refractivity contribution in [3.8, 4) is 0 Å². The molecule has 13 heavy (non-hydrogen) atoms. The molecule has 0 bridgehead atoms. The predicted octanol–water partition coefficient (Wildman–Crippen LogP) is 3.97. The van der Waals surface area contributed by atoms with Crippen molar-refractivity contribution >= 4 is 5.71 Å². The molecule has 1 fully saturated rings. The summed E-state index contributed by atoms with van der Waals surface area (Å²) in [5.41, 5.74) is 1.60. The van der Waals surface area contributed by atoms with Crippen LogP contribution < -0.4 is 0 Å². The van der Waals surface area contributed by atoms with Crippen molar-refractivity contribution in [1.82, 2.24) is 0 Å². The Morgan fingerprint density at radius 3 is 1.77 bits per heavy atom. The highest BCUT2D eigenvalue weighted by Gasteiger charge is 2.10. The Morgan fingerprint density at radius 2 is 1.31 bits per heavy atom. The van der Waals surface area contributed by atoms with E-state index >= 15 is 0 Å². The molecule has 0 saturated heterocycles. The van der Waals surface area contributed by atoms with Gasteiger partial charge < -0.3 is 0 Å². The second-order valence-corrected chi connectivity index (χ2v) is 5.12. The van der Waals surface area contributed by atoms with Crippen LogP contribution in [0.3, 0.4) is 0 Å². The highest BCUT2D eigenvalue weighted by molar-refractivity contribution is 5.84. The van der Waals surface area contributed by atoms with Gasteiger partial charge in [0.1, 0.15) is 0 Å². The molecule has 1 saturated carbocycles. The van der Waals surface area contributed by atoms with Gasteiger partial charge in [0.25, 0.3) is 0 Å². The highest BCUT2D eigenvalue weighted by Crippen LogP contribution is 2.18. The van der Waals surface area contributed by atoms with Gasteiger partial charge in [-0.1, -0.05) is 19.3 Å². The molecule has 76 valence electrons. The number of hydrogen-bond donors (Lipinski definition) is 0. The van der Waals surface area contributed by atoms with Crippen LogP contribution >= 0.6 is 0 Å². The van der Waals surface area contributed by atoms with Crippen molar-refractivity contribution in [3.05, 3.63) is 0 Å². The zero-order chi connectivity index (χ0) is 9.73. The van der Waals surface area contributed by atoms with Crippen LogP contribution in [0.5, 0.6) is 0 Å².